The Morgan fingerprint density at radius 2 is 1.85 bits per heavy atom. The van der Waals surface area contributed by atoms with Crippen LogP contribution in [0.5, 0.6) is 0 Å². The first-order chi connectivity index (χ1) is 9.45. The van der Waals surface area contributed by atoms with Crippen molar-refractivity contribution < 1.29 is 9.53 Å². The highest BCUT2D eigenvalue weighted by atomic mass is 16.5. The molecule has 1 aliphatic heterocycles. The quantitative estimate of drug-likeness (QED) is 0.872. The first-order valence-electron chi connectivity index (χ1n) is 7.02. The lowest BCUT2D eigenvalue weighted by atomic mass is 10.1. The van der Waals surface area contributed by atoms with Gasteiger partial charge in [-0.15, -0.1) is 0 Å². The van der Waals surface area contributed by atoms with Crippen molar-refractivity contribution >= 4 is 11.7 Å². The standard InChI is InChI=1S/C15H23N3O2/c1-10-8-18(9-11(2)20-10)15(19)17-14-6-4-13(5-7-14)12(3)16/h4-7,10-12H,8-9,16H2,1-3H3,(H,17,19)/t10-,11+,12?. The average molecular weight is 277 g/mol. The third-order valence-electron chi connectivity index (χ3n) is 3.39. The lowest BCUT2D eigenvalue weighted by molar-refractivity contribution is -0.0530. The van der Waals surface area contributed by atoms with Crippen LogP contribution in [0.25, 0.3) is 0 Å². The molecular formula is C15H23N3O2. The molecule has 5 nitrogen and oxygen atoms in total. The number of benzene rings is 1. The van der Waals surface area contributed by atoms with Crippen molar-refractivity contribution in [3.8, 4) is 0 Å². The van der Waals surface area contributed by atoms with Gasteiger partial charge in [-0.3, -0.25) is 0 Å². The Labute approximate surface area is 120 Å². The minimum Gasteiger partial charge on any atom is -0.372 e. The molecule has 2 rings (SSSR count). The number of urea groups is 1. The number of morpholine rings is 1. The van der Waals surface area contributed by atoms with Gasteiger partial charge in [-0.05, 0) is 38.5 Å². The molecule has 3 N–H and O–H groups in total. The summed E-state index contributed by atoms with van der Waals surface area (Å²) in [5.74, 6) is 0. The van der Waals surface area contributed by atoms with E-state index in [0.29, 0.717) is 13.1 Å². The smallest absolute Gasteiger partial charge is 0.322 e. The van der Waals surface area contributed by atoms with E-state index >= 15 is 0 Å². The minimum atomic E-state index is -0.0828. The molecule has 20 heavy (non-hydrogen) atoms. The van der Waals surface area contributed by atoms with E-state index in [1.165, 1.54) is 0 Å². The lowest BCUT2D eigenvalue weighted by Gasteiger charge is -2.35. The average Bonchev–Trinajstić information content (AvgIpc) is 2.38. The number of carbonyl (C=O) groups is 1. The van der Waals surface area contributed by atoms with Gasteiger partial charge in [0.05, 0.1) is 12.2 Å². The summed E-state index contributed by atoms with van der Waals surface area (Å²) in [6.07, 6.45) is 0.148. The fourth-order valence-corrected chi connectivity index (χ4v) is 2.42. The van der Waals surface area contributed by atoms with Crippen molar-refractivity contribution in [2.75, 3.05) is 18.4 Å². The molecule has 1 aromatic carbocycles. The normalized spacial score (nSPS) is 24.3. The molecule has 1 saturated heterocycles. The maximum absolute atomic E-state index is 12.2. The van der Waals surface area contributed by atoms with E-state index < -0.39 is 0 Å². The molecular weight excluding hydrogens is 254 g/mol. The highest BCUT2D eigenvalue weighted by Crippen LogP contribution is 2.16. The van der Waals surface area contributed by atoms with Crippen molar-refractivity contribution in [2.24, 2.45) is 5.73 Å². The molecule has 0 aromatic heterocycles. The number of ether oxygens (including phenoxy) is 1. The molecule has 0 spiro atoms. The van der Waals surface area contributed by atoms with Gasteiger partial charge in [0.1, 0.15) is 0 Å². The number of nitrogens with two attached hydrogens (primary N) is 1. The number of amides is 2. The lowest BCUT2D eigenvalue weighted by Crippen LogP contribution is -2.49. The summed E-state index contributed by atoms with van der Waals surface area (Å²) in [4.78, 5) is 14.0. The largest absolute Gasteiger partial charge is 0.372 e. The topological polar surface area (TPSA) is 67.6 Å². The summed E-state index contributed by atoms with van der Waals surface area (Å²) < 4.78 is 5.62. The molecule has 1 fully saturated rings. The number of hydrogen-bond donors (Lipinski definition) is 2. The Morgan fingerprint density at radius 1 is 1.30 bits per heavy atom. The SMILES string of the molecule is CC(N)c1ccc(NC(=O)N2C[C@@H](C)O[C@@H](C)C2)cc1. The van der Waals surface area contributed by atoms with E-state index in [4.69, 9.17) is 10.5 Å². The molecule has 1 unspecified atom stereocenters. The maximum atomic E-state index is 12.2. The summed E-state index contributed by atoms with van der Waals surface area (Å²) in [5.41, 5.74) is 7.64. The number of rotatable bonds is 2. The second kappa shape index (κ2) is 6.24. The van der Waals surface area contributed by atoms with Gasteiger partial charge >= 0.3 is 6.03 Å². The summed E-state index contributed by atoms with van der Waals surface area (Å²) in [7, 11) is 0. The number of nitrogens with one attached hydrogen (secondary N) is 1. The summed E-state index contributed by atoms with van der Waals surface area (Å²) in [6.45, 7) is 7.13. The summed E-state index contributed by atoms with van der Waals surface area (Å²) in [6, 6.07) is 7.55. The zero-order valence-electron chi connectivity index (χ0n) is 12.3. The third-order valence-corrected chi connectivity index (χ3v) is 3.39. The predicted molar refractivity (Wildman–Crippen MR) is 79.6 cm³/mol. The Balaban J connectivity index is 1.97. The first kappa shape index (κ1) is 14.8. The van der Waals surface area contributed by atoms with Crippen molar-refractivity contribution in [3.05, 3.63) is 29.8 Å². The van der Waals surface area contributed by atoms with E-state index in [-0.39, 0.29) is 24.3 Å². The zero-order chi connectivity index (χ0) is 14.7. The Kier molecular flexibility index (Phi) is 4.62. The van der Waals surface area contributed by atoms with Gasteiger partial charge in [-0.2, -0.15) is 0 Å². The van der Waals surface area contributed by atoms with Crippen LogP contribution in [-0.4, -0.2) is 36.2 Å². The molecule has 0 bridgehead atoms. The minimum absolute atomic E-state index is 0.000643. The van der Waals surface area contributed by atoms with Crippen LogP contribution in [0.4, 0.5) is 10.5 Å². The first-order valence-corrected chi connectivity index (χ1v) is 7.02. The molecule has 0 aliphatic carbocycles. The van der Waals surface area contributed by atoms with E-state index in [1.807, 2.05) is 45.0 Å². The monoisotopic (exact) mass is 277 g/mol. The molecule has 1 aromatic rings. The van der Waals surface area contributed by atoms with Crippen molar-refractivity contribution in [1.29, 1.82) is 0 Å². The second-order valence-corrected chi connectivity index (χ2v) is 5.50. The van der Waals surface area contributed by atoms with E-state index in [1.54, 1.807) is 4.90 Å². The fourth-order valence-electron chi connectivity index (χ4n) is 2.42. The zero-order valence-corrected chi connectivity index (χ0v) is 12.3. The van der Waals surface area contributed by atoms with Crippen LogP contribution < -0.4 is 11.1 Å². The van der Waals surface area contributed by atoms with Crippen molar-refractivity contribution in [1.82, 2.24) is 4.90 Å². The Morgan fingerprint density at radius 3 is 2.35 bits per heavy atom. The van der Waals surface area contributed by atoms with Crippen LogP contribution in [0.15, 0.2) is 24.3 Å². The molecule has 110 valence electrons. The van der Waals surface area contributed by atoms with Crippen molar-refractivity contribution in [2.45, 2.75) is 39.0 Å². The fraction of sp³-hybridized carbons (Fsp3) is 0.533. The number of nitrogens with zero attached hydrogens (tertiary/aromatic N) is 1. The van der Waals surface area contributed by atoms with Gasteiger partial charge in [0.15, 0.2) is 0 Å². The molecule has 1 aliphatic rings. The molecule has 0 radical (unpaired) electrons. The van der Waals surface area contributed by atoms with Gasteiger partial charge in [0, 0.05) is 24.8 Å². The number of anilines is 1. The Hall–Kier alpha value is -1.59. The van der Waals surface area contributed by atoms with Crippen molar-refractivity contribution in [3.63, 3.8) is 0 Å². The Bertz CT molecular complexity index is 449. The van der Waals surface area contributed by atoms with Gasteiger partial charge in [-0.1, -0.05) is 12.1 Å². The van der Waals surface area contributed by atoms with Crippen LogP contribution in [0.3, 0.4) is 0 Å². The van der Waals surface area contributed by atoms with E-state index in [0.717, 1.165) is 11.3 Å². The maximum Gasteiger partial charge on any atom is 0.322 e. The summed E-state index contributed by atoms with van der Waals surface area (Å²) >= 11 is 0. The van der Waals surface area contributed by atoms with Crippen LogP contribution in [-0.2, 0) is 4.74 Å². The highest BCUT2D eigenvalue weighted by Gasteiger charge is 2.25. The molecule has 3 atom stereocenters. The molecule has 5 heteroatoms. The van der Waals surface area contributed by atoms with Crippen LogP contribution in [0.2, 0.25) is 0 Å². The molecule has 2 amide bonds. The summed E-state index contributed by atoms with van der Waals surface area (Å²) in [5, 5.41) is 2.91. The second-order valence-electron chi connectivity index (χ2n) is 5.50. The van der Waals surface area contributed by atoms with Gasteiger partial charge in [0.2, 0.25) is 0 Å². The highest BCUT2D eigenvalue weighted by molar-refractivity contribution is 5.89. The molecule has 1 heterocycles. The predicted octanol–water partition coefficient (Wildman–Crippen LogP) is 2.35. The van der Waals surface area contributed by atoms with Crippen LogP contribution >= 0.6 is 0 Å². The van der Waals surface area contributed by atoms with Gasteiger partial charge in [0.25, 0.3) is 0 Å². The van der Waals surface area contributed by atoms with Crippen LogP contribution in [0, 0.1) is 0 Å². The number of carbonyl (C=O) groups excluding carboxylic acids is 1. The molecule has 0 saturated carbocycles. The van der Waals surface area contributed by atoms with E-state index in [9.17, 15) is 4.79 Å². The van der Waals surface area contributed by atoms with Crippen LogP contribution in [0.1, 0.15) is 32.4 Å². The third kappa shape index (κ3) is 3.71. The number of hydrogen-bond acceptors (Lipinski definition) is 3. The van der Waals surface area contributed by atoms with Gasteiger partial charge in [-0.25, -0.2) is 4.79 Å². The van der Waals surface area contributed by atoms with Gasteiger partial charge < -0.3 is 20.7 Å². The van der Waals surface area contributed by atoms with E-state index in [2.05, 4.69) is 5.32 Å².